The van der Waals surface area contributed by atoms with Gasteiger partial charge in [0.1, 0.15) is 5.75 Å². The number of alkyl halides is 1. The summed E-state index contributed by atoms with van der Waals surface area (Å²) in [6, 6.07) is 5.93. The van der Waals surface area contributed by atoms with Gasteiger partial charge in [0.05, 0.1) is 12.1 Å². The maximum absolute atomic E-state index is 5.93. The average Bonchev–Trinajstić information content (AvgIpc) is 2.20. The van der Waals surface area contributed by atoms with Crippen molar-refractivity contribution >= 4 is 27.5 Å². The summed E-state index contributed by atoms with van der Waals surface area (Å²) in [6.45, 7) is 2.20. The van der Waals surface area contributed by atoms with Gasteiger partial charge in [-0.3, -0.25) is 0 Å². The Morgan fingerprint density at radius 1 is 1.50 bits per heavy atom. The average molecular weight is 278 g/mol. The van der Waals surface area contributed by atoms with Gasteiger partial charge in [-0.1, -0.05) is 40.5 Å². The Hall–Kier alpha value is -0.210. The van der Waals surface area contributed by atoms with Crippen molar-refractivity contribution in [1.29, 1.82) is 0 Å². The Morgan fingerprint density at radius 3 is 2.79 bits per heavy atom. The number of ether oxygens (including phenoxy) is 1. The monoisotopic (exact) mass is 276 g/mol. The lowest BCUT2D eigenvalue weighted by Gasteiger charge is -2.09. The van der Waals surface area contributed by atoms with E-state index in [1.807, 2.05) is 18.2 Å². The van der Waals surface area contributed by atoms with E-state index in [9.17, 15) is 0 Å². The first-order valence-electron chi connectivity index (χ1n) is 4.55. The molecule has 0 saturated carbocycles. The predicted molar refractivity (Wildman–Crippen MR) is 64.7 cm³/mol. The van der Waals surface area contributed by atoms with Crippen molar-refractivity contribution in [3.05, 3.63) is 28.8 Å². The Morgan fingerprint density at radius 2 is 2.21 bits per heavy atom. The molecule has 1 aromatic carbocycles. The Kier molecular flexibility index (Phi) is 4.76. The molecule has 0 heterocycles. The van der Waals surface area contributed by atoms with Crippen molar-refractivity contribution in [2.75, 3.05) is 12.4 Å². The van der Waals surface area contributed by atoms with Gasteiger partial charge in [0.2, 0.25) is 0 Å². The molecule has 3 heteroatoms. The molecule has 0 radical (unpaired) electrons. The van der Waals surface area contributed by atoms with Gasteiger partial charge >= 0.3 is 0 Å². The van der Waals surface area contributed by atoms with Crippen LogP contribution in [0.4, 0.5) is 0 Å². The molecule has 0 aliphatic rings. The Bertz CT molecular complexity index is 301. The van der Waals surface area contributed by atoms with Crippen molar-refractivity contribution in [2.45, 2.75) is 13.3 Å². The third-order valence-electron chi connectivity index (χ3n) is 2.06. The highest BCUT2D eigenvalue weighted by atomic mass is 79.9. The Balaban J connectivity index is 2.79. The highest BCUT2D eigenvalue weighted by molar-refractivity contribution is 9.09. The van der Waals surface area contributed by atoms with Gasteiger partial charge in [-0.15, -0.1) is 0 Å². The smallest absolute Gasteiger partial charge is 0.137 e. The van der Waals surface area contributed by atoms with Crippen LogP contribution in [0, 0.1) is 5.92 Å². The van der Waals surface area contributed by atoms with Crippen molar-refractivity contribution < 1.29 is 4.74 Å². The van der Waals surface area contributed by atoms with Crippen molar-refractivity contribution in [3.8, 4) is 5.75 Å². The minimum atomic E-state index is 0.626. The van der Waals surface area contributed by atoms with Gasteiger partial charge in [0.25, 0.3) is 0 Å². The molecule has 0 aliphatic carbocycles. The van der Waals surface area contributed by atoms with E-state index >= 15 is 0 Å². The molecule has 0 amide bonds. The zero-order valence-corrected chi connectivity index (χ0v) is 10.7. The molecular weight excluding hydrogens is 263 g/mol. The molecule has 1 atom stereocenters. The van der Waals surface area contributed by atoms with E-state index in [1.165, 1.54) is 5.56 Å². The number of rotatable bonds is 4. The first-order valence-corrected chi connectivity index (χ1v) is 6.05. The maximum Gasteiger partial charge on any atom is 0.137 e. The van der Waals surface area contributed by atoms with Crippen LogP contribution in [0.3, 0.4) is 0 Å². The molecule has 1 unspecified atom stereocenters. The lowest BCUT2D eigenvalue weighted by Crippen LogP contribution is -2.00. The van der Waals surface area contributed by atoms with E-state index in [-0.39, 0.29) is 0 Å². The summed E-state index contributed by atoms with van der Waals surface area (Å²) in [5.74, 6) is 1.38. The molecule has 0 bridgehead atoms. The number of halogens is 2. The first kappa shape index (κ1) is 11.9. The molecule has 14 heavy (non-hydrogen) atoms. The van der Waals surface area contributed by atoms with Gasteiger partial charge < -0.3 is 4.74 Å². The van der Waals surface area contributed by atoms with Crippen LogP contribution in [0.15, 0.2) is 18.2 Å². The number of methoxy groups -OCH3 is 1. The van der Waals surface area contributed by atoms with Crippen LogP contribution < -0.4 is 4.74 Å². The van der Waals surface area contributed by atoms with Crippen LogP contribution in [-0.4, -0.2) is 12.4 Å². The van der Waals surface area contributed by atoms with Crippen LogP contribution in [0.1, 0.15) is 12.5 Å². The molecule has 1 aromatic rings. The molecule has 0 aliphatic heterocycles. The third kappa shape index (κ3) is 3.18. The van der Waals surface area contributed by atoms with E-state index < -0.39 is 0 Å². The molecule has 0 N–H and O–H groups in total. The summed E-state index contributed by atoms with van der Waals surface area (Å²) in [4.78, 5) is 0. The van der Waals surface area contributed by atoms with Crippen LogP contribution in [-0.2, 0) is 6.42 Å². The highest BCUT2D eigenvalue weighted by Gasteiger charge is 2.05. The van der Waals surface area contributed by atoms with Gasteiger partial charge in [0.15, 0.2) is 0 Å². The second-order valence-electron chi connectivity index (χ2n) is 3.43. The molecule has 1 nitrogen and oxygen atoms in total. The Labute approximate surface area is 98.5 Å². The summed E-state index contributed by atoms with van der Waals surface area (Å²) < 4.78 is 5.16. The summed E-state index contributed by atoms with van der Waals surface area (Å²) in [7, 11) is 1.64. The summed E-state index contributed by atoms with van der Waals surface area (Å²) in [5.41, 5.74) is 1.26. The van der Waals surface area contributed by atoms with Crippen molar-refractivity contribution in [2.24, 2.45) is 5.92 Å². The summed E-state index contributed by atoms with van der Waals surface area (Å²) in [6.07, 6.45) is 1.04. The standard InChI is InChI=1S/C11H14BrClO/c1-8(7-12)5-9-3-4-10(13)11(6-9)14-2/h3-4,6,8H,5,7H2,1-2H3. The fourth-order valence-corrected chi connectivity index (χ4v) is 1.71. The van der Waals surface area contributed by atoms with E-state index in [4.69, 9.17) is 16.3 Å². The van der Waals surface area contributed by atoms with Gasteiger partial charge in [-0.25, -0.2) is 0 Å². The van der Waals surface area contributed by atoms with E-state index in [0.717, 1.165) is 17.5 Å². The molecule has 0 fully saturated rings. The third-order valence-corrected chi connectivity index (χ3v) is 3.48. The fraction of sp³-hybridized carbons (Fsp3) is 0.455. The van der Waals surface area contributed by atoms with Crippen LogP contribution in [0.2, 0.25) is 5.02 Å². The highest BCUT2D eigenvalue weighted by Crippen LogP contribution is 2.26. The predicted octanol–water partition coefficient (Wildman–Crippen LogP) is 3.92. The number of hydrogen-bond donors (Lipinski definition) is 0. The number of benzene rings is 1. The molecule has 0 spiro atoms. The van der Waals surface area contributed by atoms with E-state index in [2.05, 4.69) is 22.9 Å². The van der Waals surface area contributed by atoms with Crippen LogP contribution in [0.5, 0.6) is 5.75 Å². The minimum absolute atomic E-state index is 0.626. The van der Waals surface area contributed by atoms with Gasteiger partial charge in [-0.05, 0) is 30.0 Å². The largest absolute Gasteiger partial charge is 0.495 e. The minimum Gasteiger partial charge on any atom is -0.495 e. The SMILES string of the molecule is COc1cc(CC(C)CBr)ccc1Cl. The normalized spacial score (nSPS) is 12.6. The molecule has 78 valence electrons. The number of hydrogen-bond acceptors (Lipinski definition) is 1. The van der Waals surface area contributed by atoms with Gasteiger partial charge in [-0.2, -0.15) is 0 Å². The van der Waals surface area contributed by atoms with Crippen molar-refractivity contribution in [1.82, 2.24) is 0 Å². The van der Waals surface area contributed by atoms with Crippen LogP contribution in [0.25, 0.3) is 0 Å². The first-order chi connectivity index (χ1) is 6.67. The summed E-state index contributed by atoms with van der Waals surface area (Å²) >= 11 is 9.40. The van der Waals surface area contributed by atoms with Crippen LogP contribution >= 0.6 is 27.5 Å². The lowest BCUT2D eigenvalue weighted by atomic mass is 10.0. The summed E-state index contributed by atoms with van der Waals surface area (Å²) in [5, 5.41) is 1.68. The fourth-order valence-electron chi connectivity index (χ4n) is 1.29. The van der Waals surface area contributed by atoms with Gasteiger partial charge in [0, 0.05) is 5.33 Å². The van der Waals surface area contributed by atoms with E-state index in [0.29, 0.717) is 10.9 Å². The second-order valence-corrected chi connectivity index (χ2v) is 4.49. The zero-order chi connectivity index (χ0) is 10.6. The lowest BCUT2D eigenvalue weighted by molar-refractivity contribution is 0.414. The second kappa shape index (κ2) is 5.62. The molecule has 1 rings (SSSR count). The zero-order valence-electron chi connectivity index (χ0n) is 8.39. The topological polar surface area (TPSA) is 9.23 Å². The van der Waals surface area contributed by atoms with E-state index in [1.54, 1.807) is 7.11 Å². The molecular formula is C11H14BrClO. The van der Waals surface area contributed by atoms with Crippen molar-refractivity contribution in [3.63, 3.8) is 0 Å². The maximum atomic E-state index is 5.93. The molecule has 0 aromatic heterocycles. The quantitative estimate of drug-likeness (QED) is 0.758. The molecule has 0 saturated heterocycles.